The molecule has 4 nitrogen and oxygen atoms in total. The Morgan fingerprint density at radius 2 is 1.90 bits per heavy atom. The standard InChI is InChI=1S/C16H24BrNO3/c1-4-5-6-7-8-13(17)16(19)18-12-9-10-14(20-2)15(11-12)21-3/h9-11,13H,4-8H2,1-3H3,(H,18,19). The zero-order valence-corrected chi connectivity index (χ0v) is 14.5. The first kappa shape index (κ1) is 17.8. The van der Waals surface area contributed by atoms with Gasteiger partial charge in [0.1, 0.15) is 0 Å². The lowest BCUT2D eigenvalue weighted by atomic mass is 10.1. The predicted molar refractivity (Wildman–Crippen MR) is 89.6 cm³/mol. The van der Waals surface area contributed by atoms with Gasteiger partial charge in [-0.3, -0.25) is 4.79 Å². The maximum Gasteiger partial charge on any atom is 0.238 e. The number of carbonyl (C=O) groups is 1. The molecule has 0 aliphatic heterocycles. The first-order valence-corrected chi connectivity index (χ1v) is 8.20. The summed E-state index contributed by atoms with van der Waals surface area (Å²) in [5.41, 5.74) is 0.704. The Balaban J connectivity index is 2.53. The summed E-state index contributed by atoms with van der Waals surface area (Å²) < 4.78 is 10.4. The predicted octanol–water partition coefficient (Wildman–Crippen LogP) is 4.38. The maximum atomic E-state index is 12.1. The van der Waals surface area contributed by atoms with E-state index in [1.807, 2.05) is 0 Å². The van der Waals surface area contributed by atoms with E-state index in [0.717, 1.165) is 12.8 Å². The second kappa shape index (κ2) is 9.66. The van der Waals surface area contributed by atoms with Gasteiger partial charge in [0.05, 0.1) is 19.0 Å². The van der Waals surface area contributed by atoms with E-state index in [9.17, 15) is 4.79 Å². The lowest BCUT2D eigenvalue weighted by Gasteiger charge is -2.13. The second-order valence-electron chi connectivity index (χ2n) is 4.88. The normalized spacial score (nSPS) is 11.8. The van der Waals surface area contributed by atoms with Crippen molar-refractivity contribution in [3.8, 4) is 11.5 Å². The molecule has 1 aromatic carbocycles. The molecule has 1 aromatic rings. The molecule has 0 radical (unpaired) electrons. The number of amides is 1. The summed E-state index contributed by atoms with van der Waals surface area (Å²) in [5.74, 6) is 1.22. The number of ether oxygens (including phenoxy) is 2. The number of nitrogens with one attached hydrogen (secondary N) is 1. The average molecular weight is 358 g/mol. The molecule has 1 atom stereocenters. The van der Waals surface area contributed by atoms with Gasteiger partial charge in [-0.25, -0.2) is 0 Å². The number of hydrogen-bond acceptors (Lipinski definition) is 3. The highest BCUT2D eigenvalue weighted by molar-refractivity contribution is 9.10. The summed E-state index contributed by atoms with van der Waals surface area (Å²) in [6, 6.07) is 5.34. The van der Waals surface area contributed by atoms with E-state index in [4.69, 9.17) is 9.47 Å². The summed E-state index contributed by atoms with van der Waals surface area (Å²) in [7, 11) is 3.16. The van der Waals surface area contributed by atoms with E-state index < -0.39 is 0 Å². The van der Waals surface area contributed by atoms with E-state index in [1.165, 1.54) is 19.3 Å². The van der Waals surface area contributed by atoms with Crippen molar-refractivity contribution < 1.29 is 14.3 Å². The minimum Gasteiger partial charge on any atom is -0.493 e. The average Bonchev–Trinajstić information content (AvgIpc) is 2.51. The van der Waals surface area contributed by atoms with Crippen LogP contribution in [0.1, 0.15) is 39.0 Å². The summed E-state index contributed by atoms with van der Waals surface area (Å²) in [6.07, 6.45) is 5.49. The molecular weight excluding hydrogens is 334 g/mol. The van der Waals surface area contributed by atoms with Crippen LogP contribution in [-0.4, -0.2) is 25.0 Å². The van der Waals surface area contributed by atoms with E-state index in [-0.39, 0.29) is 10.7 Å². The Bertz CT molecular complexity index is 451. The molecule has 1 N–H and O–H groups in total. The number of halogens is 1. The van der Waals surface area contributed by atoms with Gasteiger partial charge in [0.2, 0.25) is 5.91 Å². The first-order chi connectivity index (χ1) is 10.1. The number of alkyl halides is 1. The fraction of sp³-hybridized carbons (Fsp3) is 0.562. The maximum absolute atomic E-state index is 12.1. The molecule has 0 saturated heterocycles. The largest absolute Gasteiger partial charge is 0.493 e. The summed E-state index contributed by atoms with van der Waals surface area (Å²) in [5, 5.41) is 2.89. The summed E-state index contributed by atoms with van der Waals surface area (Å²) in [6.45, 7) is 2.18. The number of methoxy groups -OCH3 is 2. The highest BCUT2D eigenvalue weighted by Crippen LogP contribution is 2.30. The van der Waals surface area contributed by atoms with Crippen LogP contribution in [0.15, 0.2) is 18.2 Å². The molecular formula is C16H24BrNO3. The molecule has 0 aliphatic rings. The van der Waals surface area contributed by atoms with Gasteiger partial charge in [-0.1, -0.05) is 48.5 Å². The molecule has 1 rings (SSSR count). The smallest absolute Gasteiger partial charge is 0.238 e. The Hall–Kier alpha value is -1.23. The highest BCUT2D eigenvalue weighted by atomic mass is 79.9. The minimum atomic E-state index is -0.164. The van der Waals surface area contributed by atoms with Gasteiger partial charge in [-0.05, 0) is 18.6 Å². The van der Waals surface area contributed by atoms with Crippen LogP contribution < -0.4 is 14.8 Å². The molecule has 21 heavy (non-hydrogen) atoms. The van der Waals surface area contributed by atoms with Crippen LogP contribution in [0.4, 0.5) is 5.69 Å². The quantitative estimate of drug-likeness (QED) is 0.527. The number of hydrogen-bond donors (Lipinski definition) is 1. The van der Waals surface area contributed by atoms with Gasteiger partial charge >= 0.3 is 0 Å². The first-order valence-electron chi connectivity index (χ1n) is 7.29. The van der Waals surface area contributed by atoms with Crippen molar-refractivity contribution in [2.24, 2.45) is 0 Å². The van der Waals surface area contributed by atoms with Crippen molar-refractivity contribution in [3.63, 3.8) is 0 Å². The topological polar surface area (TPSA) is 47.6 Å². The zero-order chi connectivity index (χ0) is 15.7. The highest BCUT2D eigenvalue weighted by Gasteiger charge is 2.15. The van der Waals surface area contributed by atoms with Gasteiger partial charge in [-0.2, -0.15) is 0 Å². The zero-order valence-electron chi connectivity index (χ0n) is 12.9. The van der Waals surface area contributed by atoms with Crippen molar-refractivity contribution in [2.75, 3.05) is 19.5 Å². The molecule has 0 saturated carbocycles. The Labute approximate surface area is 135 Å². The van der Waals surface area contributed by atoms with Gasteiger partial charge in [0.15, 0.2) is 11.5 Å². The number of rotatable bonds is 9. The van der Waals surface area contributed by atoms with E-state index >= 15 is 0 Å². The number of carbonyl (C=O) groups excluding carboxylic acids is 1. The molecule has 1 unspecified atom stereocenters. The summed E-state index contributed by atoms with van der Waals surface area (Å²) in [4.78, 5) is 11.9. The van der Waals surface area contributed by atoms with Gasteiger partial charge in [-0.15, -0.1) is 0 Å². The molecule has 0 aromatic heterocycles. The van der Waals surface area contributed by atoms with E-state index in [0.29, 0.717) is 17.2 Å². The van der Waals surface area contributed by atoms with Crippen LogP contribution in [0, 0.1) is 0 Å². The third-order valence-corrected chi connectivity index (χ3v) is 4.12. The van der Waals surface area contributed by atoms with Crippen molar-refractivity contribution in [1.82, 2.24) is 0 Å². The van der Waals surface area contributed by atoms with Crippen molar-refractivity contribution in [1.29, 1.82) is 0 Å². The molecule has 118 valence electrons. The number of unbranched alkanes of at least 4 members (excludes halogenated alkanes) is 3. The summed E-state index contributed by atoms with van der Waals surface area (Å²) >= 11 is 3.45. The van der Waals surface area contributed by atoms with Crippen LogP contribution >= 0.6 is 15.9 Å². The molecule has 1 amide bonds. The van der Waals surface area contributed by atoms with Gasteiger partial charge < -0.3 is 14.8 Å². The van der Waals surface area contributed by atoms with Gasteiger partial charge in [0, 0.05) is 11.8 Å². The van der Waals surface area contributed by atoms with Crippen LogP contribution in [0.3, 0.4) is 0 Å². The van der Waals surface area contributed by atoms with Crippen LogP contribution in [0.25, 0.3) is 0 Å². The van der Waals surface area contributed by atoms with Crippen LogP contribution in [0.5, 0.6) is 11.5 Å². The van der Waals surface area contributed by atoms with Crippen LogP contribution in [-0.2, 0) is 4.79 Å². The molecule has 0 spiro atoms. The molecule has 0 bridgehead atoms. The SMILES string of the molecule is CCCCCCC(Br)C(=O)Nc1ccc(OC)c(OC)c1. The second-order valence-corrected chi connectivity index (χ2v) is 5.98. The number of anilines is 1. The van der Waals surface area contributed by atoms with Crippen molar-refractivity contribution in [3.05, 3.63) is 18.2 Å². The van der Waals surface area contributed by atoms with Gasteiger partial charge in [0.25, 0.3) is 0 Å². The Morgan fingerprint density at radius 1 is 1.19 bits per heavy atom. The van der Waals surface area contributed by atoms with Crippen LogP contribution in [0.2, 0.25) is 0 Å². The third kappa shape index (κ3) is 5.96. The molecule has 0 aliphatic carbocycles. The lowest BCUT2D eigenvalue weighted by molar-refractivity contribution is -0.115. The Kier molecular flexibility index (Phi) is 8.20. The lowest BCUT2D eigenvalue weighted by Crippen LogP contribution is -2.22. The van der Waals surface area contributed by atoms with E-state index in [1.54, 1.807) is 32.4 Å². The monoisotopic (exact) mass is 357 g/mol. The molecule has 0 heterocycles. The minimum absolute atomic E-state index is 0.0290. The fourth-order valence-electron chi connectivity index (χ4n) is 2.02. The van der Waals surface area contributed by atoms with Crippen molar-refractivity contribution in [2.45, 2.75) is 43.9 Å². The Morgan fingerprint density at radius 3 is 2.52 bits per heavy atom. The molecule has 5 heteroatoms. The molecule has 0 fully saturated rings. The fourth-order valence-corrected chi connectivity index (χ4v) is 2.45. The third-order valence-electron chi connectivity index (χ3n) is 3.25. The number of benzene rings is 1. The van der Waals surface area contributed by atoms with Crippen molar-refractivity contribution >= 4 is 27.5 Å². The van der Waals surface area contributed by atoms with E-state index in [2.05, 4.69) is 28.2 Å².